The average Bonchev–Trinajstić information content (AvgIpc) is 3.52. The molecule has 0 spiro atoms. The zero-order valence-electron chi connectivity index (χ0n) is 17.3. The van der Waals surface area contributed by atoms with Gasteiger partial charge < -0.3 is 14.5 Å². The molecule has 1 aliphatic rings. The molecule has 4 rings (SSSR count). The smallest absolute Gasteiger partial charge is 0.242 e. The zero-order valence-corrected chi connectivity index (χ0v) is 18.3. The van der Waals surface area contributed by atoms with Crippen LogP contribution < -0.4 is 14.5 Å². The van der Waals surface area contributed by atoms with Crippen molar-refractivity contribution in [2.24, 2.45) is 0 Å². The van der Waals surface area contributed by atoms with E-state index in [-0.39, 0.29) is 0 Å². The van der Waals surface area contributed by atoms with Gasteiger partial charge in [0.15, 0.2) is 0 Å². The van der Waals surface area contributed by atoms with E-state index in [0.29, 0.717) is 12.5 Å². The van der Waals surface area contributed by atoms with Gasteiger partial charge in [0.05, 0.1) is 5.69 Å². The van der Waals surface area contributed by atoms with Gasteiger partial charge in [-0.1, -0.05) is 12.1 Å². The summed E-state index contributed by atoms with van der Waals surface area (Å²) in [6.07, 6.45) is 4.26. The molecule has 1 fully saturated rings. The van der Waals surface area contributed by atoms with Crippen molar-refractivity contribution in [1.82, 2.24) is 4.98 Å². The molecule has 1 heterocycles. The normalized spacial score (nSPS) is 13.8. The first-order chi connectivity index (χ1) is 14.0. The molecule has 3 aromatic rings. The van der Waals surface area contributed by atoms with Crippen molar-refractivity contribution in [3.05, 3.63) is 78.1 Å². The van der Waals surface area contributed by atoms with Crippen LogP contribution in [0.3, 0.4) is 0 Å². The van der Waals surface area contributed by atoms with Crippen molar-refractivity contribution in [2.75, 3.05) is 5.32 Å². The van der Waals surface area contributed by atoms with Crippen molar-refractivity contribution < 1.29 is 9.16 Å². The molecule has 1 aliphatic carbocycles. The number of ether oxygens (including phenoxy) is 1. The second kappa shape index (κ2) is 8.29. The predicted octanol–water partition coefficient (Wildman–Crippen LogP) is 6.50. The molecule has 150 valence electrons. The van der Waals surface area contributed by atoms with Crippen molar-refractivity contribution in [1.29, 1.82) is 0 Å². The van der Waals surface area contributed by atoms with Gasteiger partial charge in [0, 0.05) is 23.6 Å². The maximum Gasteiger partial charge on any atom is 0.242 e. The lowest BCUT2D eigenvalue weighted by atomic mass is 10.1. The third-order valence-electron chi connectivity index (χ3n) is 4.69. The molecule has 5 heteroatoms. The zero-order chi connectivity index (χ0) is 20.3. The Morgan fingerprint density at radius 2 is 1.83 bits per heavy atom. The molecule has 29 heavy (non-hydrogen) atoms. The van der Waals surface area contributed by atoms with Crippen LogP contribution in [0.5, 0.6) is 11.5 Å². The monoisotopic (exact) mass is 404 g/mol. The number of aromatic nitrogens is 1. The Kier molecular flexibility index (Phi) is 5.58. The lowest BCUT2D eigenvalue weighted by Gasteiger charge is -2.20. The fourth-order valence-corrected chi connectivity index (χ4v) is 4.10. The molecule has 1 aromatic heterocycles. The molecule has 0 aliphatic heterocycles. The largest absolute Gasteiger partial charge is 0.544 e. The summed E-state index contributed by atoms with van der Waals surface area (Å²) < 4.78 is 12.1. The Bertz CT molecular complexity index is 966. The molecule has 0 amide bonds. The van der Waals surface area contributed by atoms with E-state index < -0.39 is 8.32 Å². The summed E-state index contributed by atoms with van der Waals surface area (Å²) in [6, 6.07) is 20.4. The number of hydrogen-bond donors (Lipinski definition) is 1. The Morgan fingerprint density at radius 3 is 2.55 bits per heavy atom. The van der Waals surface area contributed by atoms with Gasteiger partial charge in [-0.05, 0) is 86.4 Å². The number of hydrogen-bond acceptors (Lipinski definition) is 4. The third-order valence-corrected chi connectivity index (χ3v) is 5.54. The maximum absolute atomic E-state index is 6.14. The topological polar surface area (TPSA) is 43.4 Å². The van der Waals surface area contributed by atoms with Gasteiger partial charge in [-0.15, -0.1) is 0 Å². The Hall–Kier alpha value is -2.79. The molecule has 4 nitrogen and oxygen atoms in total. The van der Waals surface area contributed by atoms with E-state index in [1.54, 1.807) is 6.20 Å². The Labute approximate surface area is 174 Å². The molecular formula is C24H28N2O2Si. The van der Waals surface area contributed by atoms with Crippen molar-refractivity contribution in [2.45, 2.75) is 45.0 Å². The SMILES string of the molecule is C[Si](C)(C)Oc1cccc(Nc2ccc(OCc3ccccn3)cc2C2CC2)c1. The highest BCUT2D eigenvalue weighted by Gasteiger charge is 2.27. The third kappa shape index (κ3) is 5.61. The van der Waals surface area contributed by atoms with Crippen LogP contribution in [0.4, 0.5) is 11.4 Å². The molecule has 0 saturated heterocycles. The van der Waals surface area contributed by atoms with Crippen LogP contribution in [0.1, 0.15) is 30.0 Å². The average molecular weight is 405 g/mol. The van der Waals surface area contributed by atoms with Crippen LogP contribution in [0.2, 0.25) is 19.6 Å². The number of benzene rings is 2. The number of anilines is 2. The first-order valence-electron chi connectivity index (χ1n) is 10.2. The molecule has 1 saturated carbocycles. The van der Waals surface area contributed by atoms with Crippen LogP contribution >= 0.6 is 0 Å². The first kappa shape index (κ1) is 19.5. The van der Waals surface area contributed by atoms with Crippen LogP contribution in [0, 0.1) is 0 Å². The van der Waals surface area contributed by atoms with Gasteiger partial charge >= 0.3 is 0 Å². The quantitative estimate of drug-likeness (QED) is 0.435. The Balaban J connectivity index is 1.50. The van der Waals surface area contributed by atoms with E-state index in [2.05, 4.69) is 54.2 Å². The molecule has 2 aromatic carbocycles. The van der Waals surface area contributed by atoms with Gasteiger partial charge in [-0.3, -0.25) is 4.98 Å². The van der Waals surface area contributed by atoms with Gasteiger partial charge in [-0.25, -0.2) is 0 Å². The number of nitrogens with one attached hydrogen (secondary N) is 1. The summed E-state index contributed by atoms with van der Waals surface area (Å²) in [5.74, 6) is 2.42. The Morgan fingerprint density at radius 1 is 0.966 bits per heavy atom. The van der Waals surface area contributed by atoms with Gasteiger partial charge in [0.25, 0.3) is 0 Å². The summed E-state index contributed by atoms with van der Waals surface area (Å²) in [5, 5.41) is 3.59. The van der Waals surface area contributed by atoms with E-state index in [1.807, 2.05) is 36.4 Å². The molecule has 1 N–H and O–H groups in total. The second-order valence-corrected chi connectivity index (χ2v) is 12.9. The van der Waals surface area contributed by atoms with Crippen LogP contribution in [0.25, 0.3) is 0 Å². The van der Waals surface area contributed by atoms with Crippen molar-refractivity contribution in [3.63, 3.8) is 0 Å². The highest BCUT2D eigenvalue weighted by atomic mass is 28.4. The predicted molar refractivity (Wildman–Crippen MR) is 121 cm³/mol. The molecule has 0 unspecified atom stereocenters. The lowest BCUT2D eigenvalue weighted by molar-refractivity contribution is 0.301. The van der Waals surface area contributed by atoms with Gasteiger partial charge in [-0.2, -0.15) is 0 Å². The van der Waals surface area contributed by atoms with E-state index in [1.165, 1.54) is 18.4 Å². The second-order valence-electron chi connectivity index (χ2n) is 8.50. The minimum atomic E-state index is -1.63. The highest BCUT2D eigenvalue weighted by Crippen LogP contribution is 2.45. The van der Waals surface area contributed by atoms with Crippen LogP contribution in [-0.4, -0.2) is 13.3 Å². The lowest BCUT2D eigenvalue weighted by Crippen LogP contribution is -2.29. The van der Waals surface area contributed by atoms with E-state index in [0.717, 1.165) is 28.6 Å². The molecule has 0 radical (unpaired) electrons. The van der Waals surface area contributed by atoms with Gasteiger partial charge in [0.2, 0.25) is 8.32 Å². The standard InChI is InChI=1S/C24H28N2O2Si/c1-29(2,3)28-22-9-6-8-19(15-22)26-24-13-12-21(16-23(24)18-10-11-18)27-17-20-7-4-5-14-25-20/h4-9,12-16,18,26H,10-11,17H2,1-3H3. The number of pyridine rings is 1. The highest BCUT2D eigenvalue weighted by molar-refractivity contribution is 6.70. The number of nitrogens with zero attached hydrogens (tertiary/aromatic N) is 1. The molecule has 0 bridgehead atoms. The summed E-state index contributed by atoms with van der Waals surface area (Å²) in [4.78, 5) is 4.32. The summed E-state index contributed by atoms with van der Waals surface area (Å²) in [5.41, 5.74) is 4.44. The minimum absolute atomic E-state index is 0.480. The fraction of sp³-hybridized carbons (Fsp3) is 0.292. The van der Waals surface area contributed by atoms with Crippen molar-refractivity contribution >= 4 is 19.7 Å². The summed E-state index contributed by atoms with van der Waals surface area (Å²) in [7, 11) is -1.63. The summed E-state index contributed by atoms with van der Waals surface area (Å²) >= 11 is 0. The van der Waals surface area contributed by atoms with E-state index in [9.17, 15) is 0 Å². The fourth-order valence-electron chi connectivity index (χ4n) is 3.26. The van der Waals surface area contributed by atoms with Crippen LogP contribution in [0.15, 0.2) is 66.9 Å². The molecular weight excluding hydrogens is 376 g/mol. The summed E-state index contributed by atoms with van der Waals surface area (Å²) in [6.45, 7) is 7.07. The molecule has 0 atom stereocenters. The van der Waals surface area contributed by atoms with E-state index >= 15 is 0 Å². The van der Waals surface area contributed by atoms with Crippen LogP contribution in [-0.2, 0) is 6.61 Å². The minimum Gasteiger partial charge on any atom is -0.544 e. The number of rotatable bonds is 8. The van der Waals surface area contributed by atoms with E-state index in [4.69, 9.17) is 9.16 Å². The van der Waals surface area contributed by atoms with Gasteiger partial charge in [0.1, 0.15) is 18.1 Å². The first-order valence-corrected chi connectivity index (χ1v) is 13.6. The maximum atomic E-state index is 6.14. The van der Waals surface area contributed by atoms with Crippen molar-refractivity contribution in [3.8, 4) is 11.5 Å².